The molecule has 100 valence electrons. The van der Waals surface area contributed by atoms with Gasteiger partial charge in [0.1, 0.15) is 5.69 Å². The number of aromatic nitrogens is 1. The topological polar surface area (TPSA) is 33.2 Å². The summed E-state index contributed by atoms with van der Waals surface area (Å²) in [4.78, 5) is 16.5. The van der Waals surface area contributed by atoms with E-state index in [1.807, 2.05) is 0 Å². The molecule has 0 aliphatic carbocycles. The van der Waals surface area contributed by atoms with Crippen LogP contribution in [0, 0.1) is 18.3 Å². The van der Waals surface area contributed by atoms with Crippen LogP contribution in [0.25, 0.3) is 0 Å². The highest BCUT2D eigenvalue weighted by Crippen LogP contribution is 2.27. The zero-order chi connectivity index (χ0) is 14.0. The number of nitrogens with zero attached hydrogens (tertiary/aromatic N) is 2. The lowest BCUT2D eigenvalue weighted by molar-refractivity contribution is -0.141. The van der Waals surface area contributed by atoms with Crippen molar-refractivity contribution in [2.75, 3.05) is 6.54 Å². The first-order valence-electron chi connectivity index (χ1n) is 5.66. The number of carbonyl (C=O) groups excluding carboxylic acids is 1. The second kappa shape index (κ2) is 4.92. The maximum atomic E-state index is 12.3. The van der Waals surface area contributed by atoms with Gasteiger partial charge in [-0.1, -0.05) is 6.07 Å². The van der Waals surface area contributed by atoms with Crippen molar-refractivity contribution in [3.05, 3.63) is 29.6 Å². The van der Waals surface area contributed by atoms with Crippen molar-refractivity contribution in [3.63, 3.8) is 0 Å². The van der Waals surface area contributed by atoms with E-state index < -0.39 is 11.9 Å². The summed E-state index contributed by atoms with van der Waals surface area (Å²) >= 11 is 0. The van der Waals surface area contributed by atoms with Gasteiger partial charge in [-0.15, -0.1) is 12.3 Å². The minimum absolute atomic E-state index is 0.0807. The third-order valence-corrected chi connectivity index (χ3v) is 2.94. The Morgan fingerprint density at radius 1 is 1.47 bits per heavy atom. The lowest BCUT2D eigenvalue weighted by atomic mass is 10.1. The van der Waals surface area contributed by atoms with Crippen LogP contribution in [0.3, 0.4) is 0 Å². The van der Waals surface area contributed by atoms with Gasteiger partial charge in [-0.05, 0) is 11.6 Å². The molecule has 1 amide bonds. The molecule has 1 saturated heterocycles. The van der Waals surface area contributed by atoms with E-state index in [9.17, 15) is 18.0 Å². The molecular weight excluding hydrogens is 257 g/mol. The summed E-state index contributed by atoms with van der Waals surface area (Å²) in [5.74, 6) is 2.32. The predicted octanol–water partition coefficient (Wildman–Crippen LogP) is 2.08. The fraction of sp³-hybridized carbons (Fsp3) is 0.385. The van der Waals surface area contributed by atoms with Crippen molar-refractivity contribution < 1.29 is 18.0 Å². The Kier molecular flexibility index (Phi) is 3.47. The first-order valence-corrected chi connectivity index (χ1v) is 5.66. The van der Waals surface area contributed by atoms with Gasteiger partial charge in [-0.2, -0.15) is 13.2 Å². The van der Waals surface area contributed by atoms with Gasteiger partial charge >= 0.3 is 6.18 Å². The Morgan fingerprint density at radius 2 is 2.21 bits per heavy atom. The van der Waals surface area contributed by atoms with Gasteiger partial charge in [-0.25, -0.2) is 0 Å². The molecule has 2 rings (SSSR count). The maximum absolute atomic E-state index is 12.3. The summed E-state index contributed by atoms with van der Waals surface area (Å²) in [5, 5.41) is 0. The van der Waals surface area contributed by atoms with Crippen LogP contribution in [0.2, 0.25) is 0 Å². The van der Waals surface area contributed by atoms with Crippen LogP contribution < -0.4 is 0 Å². The minimum atomic E-state index is -4.45. The zero-order valence-corrected chi connectivity index (χ0v) is 9.94. The molecule has 19 heavy (non-hydrogen) atoms. The van der Waals surface area contributed by atoms with E-state index in [2.05, 4.69) is 10.9 Å². The Labute approximate surface area is 108 Å². The van der Waals surface area contributed by atoms with Gasteiger partial charge < -0.3 is 4.90 Å². The standard InChI is InChI=1S/C13H11F3N2O/c1-2-9-5-12(19)18(7-9)8-10-3-4-11(17-6-10)13(14,15)16/h1,3-4,6,9H,5,7-8H2. The van der Waals surface area contributed by atoms with Crippen molar-refractivity contribution in [3.8, 4) is 12.3 Å². The highest BCUT2D eigenvalue weighted by Gasteiger charge is 2.32. The van der Waals surface area contributed by atoms with Gasteiger partial charge in [-0.3, -0.25) is 9.78 Å². The molecule has 1 atom stereocenters. The van der Waals surface area contributed by atoms with Crippen LogP contribution in [0.1, 0.15) is 17.7 Å². The number of carbonyl (C=O) groups is 1. The smallest absolute Gasteiger partial charge is 0.337 e. The van der Waals surface area contributed by atoms with Gasteiger partial charge in [0.15, 0.2) is 0 Å². The Morgan fingerprint density at radius 3 is 2.68 bits per heavy atom. The number of terminal acetylenes is 1. The van der Waals surface area contributed by atoms with Crippen LogP contribution in [0.4, 0.5) is 13.2 Å². The SMILES string of the molecule is C#CC1CC(=O)N(Cc2ccc(C(F)(F)F)nc2)C1. The number of hydrogen-bond donors (Lipinski definition) is 0. The first-order chi connectivity index (χ1) is 8.90. The minimum Gasteiger partial charge on any atom is -0.337 e. The Balaban J connectivity index is 2.05. The summed E-state index contributed by atoms with van der Waals surface area (Å²) < 4.78 is 37.0. The second-order valence-corrected chi connectivity index (χ2v) is 4.39. The molecule has 1 aromatic heterocycles. The lowest BCUT2D eigenvalue weighted by Crippen LogP contribution is -2.24. The first kappa shape index (κ1) is 13.4. The van der Waals surface area contributed by atoms with Gasteiger partial charge in [0, 0.05) is 31.6 Å². The molecule has 3 nitrogen and oxygen atoms in total. The highest BCUT2D eigenvalue weighted by molar-refractivity contribution is 5.79. The summed E-state index contributed by atoms with van der Waals surface area (Å²) in [6, 6.07) is 2.24. The summed E-state index contributed by atoms with van der Waals surface area (Å²) in [6.07, 6.45) is 2.24. The van der Waals surface area contributed by atoms with Gasteiger partial charge in [0.2, 0.25) is 5.91 Å². The van der Waals surface area contributed by atoms with Crippen molar-refractivity contribution in [1.29, 1.82) is 0 Å². The maximum Gasteiger partial charge on any atom is 0.433 e. The van der Waals surface area contributed by atoms with E-state index >= 15 is 0 Å². The fourth-order valence-electron chi connectivity index (χ4n) is 1.94. The van der Waals surface area contributed by atoms with E-state index in [-0.39, 0.29) is 18.4 Å². The number of halogens is 3. The predicted molar refractivity (Wildman–Crippen MR) is 61.6 cm³/mol. The van der Waals surface area contributed by atoms with E-state index in [1.165, 1.54) is 11.0 Å². The number of hydrogen-bond acceptors (Lipinski definition) is 2. The van der Waals surface area contributed by atoms with E-state index in [0.29, 0.717) is 18.5 Å². The molecule has 0 bridgehead atoms. The summed E-state index contributed by atoms with van der Waals surface area (Å²) in [5.41, 5.74) is -0.385. The van der Waals surface area contributed by atoms with E-state index in [1.54, 1.807) is 0 Å². The molecule has 1 aliphatic rings. The zero-order valence-electron chi connectivity index (χ0n) is 9.94. The van der Waals surface area contributed by atoms with Crippen LogP contribution in [-0.4, -0.2) is 22.3 Å². The van der Waals surface area contributed by atoms with Gasteiger partial charge in [0.05, 0.1) is 0 Å². The van der Waals surface area contributed by atoms with E-state index in [4.69, 9.17) is 6.42 Å². The Bertz CT molecular complexity index is 516. The number of alkyl halides is 3. The number of pyridine rings is 1. The second-order valence-electron chi connectivity index (χ2n) is 4.39. The molecule has 1 aliphatic heterocycles. The van der Waals surface area contributed by atoms with Crippen molar-refractivity contribution >= 4 is 5.91 Å². The molecule has 0 aromatic carbocycles. The largest absolute Gasteiger partial charge is 0.433 e. The molecule has 1 fully saturated rings. The molecule has 0 radical (unpaired) electrons. The van der Waals surface area contributed by atoms with Crippen molar-refractivity contribution in [1.82, 2.24) is 9.88 Å². The monoisotopic (exact) mass is 268 g/mol. The van der Waals surface area contributed by atoms with Crippen LogP contribution in [0.5, 0.6) is 0 Å². The summed E-state index contributed by atoms with van der Waals surface area (Å²) in [6.45, 7) is 0.679. The van der Waals surface area contributed by atoms with Crippen LogP contribution in [0.15, 0.2) is 18.3 Å². The van der Waals surface area contributed by atoms with Crippen LogP contribution >= 0.6 is 0 Å². The lowest BCUT2D eigenvalue weighted by Gasteiger charge is -2.16. The average Bonchev–Trinajstić information content (AvgIpc) is 2.70. The molecule has 0 N–H and O–H groups in total. The average molecular weight is 268 g/mol. The normalized spacial score (nSPS) is 19.6. The fourth-order valence-corrected chi connectivity index (χ4v) is 1.94. The van der Waals surface area contributed by atoms with Crippen LogP contribution in [-0.2, 0) is 17.5 Å². The number of amides is 1. The molecule has 1 aromatic rings. The molecule has 2 heterocycles. The van der Waals surface area contributed by atoms with Crippen molar-refractivity contribution in [2.24, 2.45) is 5.92 Å². The van der Waals surface area contributed by atoms with Gasteiger partial charge in [0.25, 0.3) is 0 Å². The highest BCUT2D eigenvalue weighted by atomic mass is 19.4. The third-order valence-electron chi connectivity index (χ3n) is 2.94. The molecule has 0 saturated carbocycles. The van der Waals surface area contributed by atoms with E-state index in [0.717, 1.165) is 12.3 Å². The molecule has 1 unspecified atom stereocenters. The Hall–Kier alpha value is -2.03. The quantitative estimate of drug-likeness (QED) is 0.769. The molecular formula is C13H11F3N2O. The molecule has 6 heteroatoms. The number of likely N-dealkylation sites (tertiary alicyclic amines) is 1. The number of rotatable bonds is 2. The third kappa shape index (κ3) is 3.05. The molecule has 0 spiro atoms. The van der Waals surface area contributed by atoms with Crippen molar-refractivity contribution in [2.45, 2.75) is 19.1 Å². The summed E-state index contributed by atoms with van der Waals surface area (Å²) in [7, 11) is 0.